The zero-order valence-corrected chi connectivity index (χ0v) is 23.6. The van der Waals surface area contributed by atoms with Gasteiger partial charge in [0.05, 0.1) is 25.3 Å². The number of hydrogen-bond donors (Lipinski definition) is 0. The largest absolute Gasteiger partial charge is 0.618 e. The van der Waals surface area contributed by atoms with Gasteiger partial charge in [0.15, 0.2) is 0 Å². The predicted molar refractivity (Wildman–Crippen MR) is 165 cm³/mol. The van der Waals surface area contributed by atoms with E-state index in [-0.39, 0.29) is 0 Å². The minimum Gasteiger partial charge on any atom is -0.618 e. The lowest BCUT2D eigenvalue weighted by Gasteiger charge is -2.21. The minimum absolute atomic E-state index is 0.704. The third-order valence-corrected chi connectivity index (χ3v) is 8.45. The smallest absolute Gasteiger partial charge is 0.231 e. The molecule has 6 heteroatoms. The van der Waals surface area contributed by atoms with E-state index in [9.17, 15) is 10.4 Å². The molecule has 0 unspecified atom stereocenters. The maximum Gasteiger partial charge on any atom is 0.231 e. The number of methoxy groups -OCH3 is 2. The van der Waals surface area contributed by atoms with Gasteiger partial charge in [0.25, 0.3) is 0 Å². The second kappa shape index (κ2) is 10.4. The van der Waals surface area contributed by atoms with Crippen molar-refractivity contribution in [3.8, 4) is 34.0 Å². The van der Waals surface area contributed by atoms with Crippen LogP contribution in [-0.4, -0.2) is 14.2 Å². The van der Waals surface area contributed by atoms with Gasteiger partial charge in [-0.15, -0.1) is 0 Å². The molecule has 0 aliphatic heterocycles. The Morgan fingerprint density at radius 3 is 1.33 bits per heavy atom. The molecule has 0 spiro atoms. The second-order valence-electron chi connectivity index (χ2n) is 10.7. The number of para-hydroxylation sites is 2. The summed E-state index contributed by atoms with van der Waals surface area (Å²) in [6, 6.07) is 31.7. The number of benzene rings is 4. The molecule has 0 fully saturated rings. The van der Waals surface area contributed by atoms with Crippen LogP contribution < -0.4 is 18.9 Å². The highest BCUT2D eigenvalue weighted by Crippen LogP contribution is 2.40. The van der Waals surface area contributed by atoms with Gasteiger partial charge in [-0.1, -0.05) is 48.5 Å². The van der Waals surface area contributed by atoms with E-state index in [1.165, 1.54) is 11.1 Å². The van der Waals surface area contributed by atoms with E-state index in [4.69, 9.17) is 9.47 Å². The molecule has 4 aromatic carbocycles. The van der Waals surface area contributed by atoms with Crippen LogP contribution in [0.1, 0.15) is 22.3 Å². The van der Waals surface area contributed by atoms with E-state index in [0.29, 0.717) is 11.0 Å². The molecule has 0 N–H and O–H groups in total. The maximum absolute atomic E-state index is 12.9. The number of ether oxygens (including phenoxy) is 2. The minimum atomic E-state index is 0.704. The van der Waals surface area contributed by atoms with Crippen LogP contribution in [0.15, 0.2) is 97.1 Å². The molecule has 208 valence electrons. The Balaban J connectivity index is 0.000000137. The van der Waals surface area contributed by atoms with E-state index in [1.54, 1.807) is 14.2 Å². The zero-order chi connectivity index (χ0) is 28.8. The fourth-order valence-corrected chi connectivity index (χ4v) is 6.49. The van der Waals surface area contributed by atoms with Crippen molar-refractivity contribution < 1.29 is 18.9 Å². The molecule has 0 radical (unpaired) electrons. The molecule has 42 heavy (non-hydrogen) atoms. The number of nitrogens with zero attached hydrogens (tertiary/aromatic N) is 2. The van der Waals surface area contributed by atoms with Gasteiger partial charge in [-0.25, -0.2) is 0 Å². The fourth-order valence-electron chi connectivity index (χ4n) is 6.49. The Morgan fingerprint density at radius 2 is 0.905 bits per heavy atom. The second-order valence-corrected chi connectivity index (χ2v) is 10.7. The first kappa shape index (κ1) is 25.8. The Hall–Kier alpha value is -5.10. The average molecular weight is 555 g/mol. The van der Waals surface area contributed by atoms with Crippen LogP contribution in [0.5, 0.6) is 11.5 Å². The standard InChI is InChI=1S/2C18H15NO2/c2*1-21-16-8-4-6-12-9-10-14-11-13-5-2-3-7-15(13)19(20)18(14)17(12)16/h2*2-8,11H,9-10H2,1H3. The number of rotatable bonds is 2. The average Bonchev–Trinajstić information content (AvgIpc) is 3.04. The van der Waals surface area contributed by atoms with Crippen molar-refractivity contribution in [2.24, 2.45) is 0 Å². The van der Waals surface area contributed by atoms with Gasteiger partial charge in [0.1, 0.15) is 11.5 Å². The van der Waals surface area contributed by atoms with Crippen molar-refractivity contribution in [3.63, 3.8) is 0 Å². The lowest BCUT2D eigenvalue weighted by Crippen LogP contribution is -2.33. The molecular weight excluding hydrogens is 524 g/mol. The van der Waals surface area contributed by atoms with Gasteiger partial charge >= 0.3 is 0 Å². The van der Waals surface area contributed by atoms with Crippen LogP contribution in [0.3, 0.4) is 0 Å². The van der Waals surface area contributed by atoms with Crippen LogP contribution in [-0.2, 0) is 25.7 Å². The number of pyridine rings is 2. The lowest BCUT2D eigenvalue weighted by molar-refractivity contribution is -0.565. The Kier molecular flexibility index (Phi) is 6.39. The van der Waals surface area contributed by atoms with Gasteiger partial charge in [0, 0.05) is 34.0 Å². The summed E-state index contributed by atoms with van der Waals surface area (Å²) in [5.74, 6) is 1.54. The van der Waals surface area contributed by atoms with Gasteiger partial charge in [-0.2, -0.15) is 9.46 Å². The summed E-state index contributed by atoms with van der Waals surface area (Å²) in [7, 11) is 3.31. The molecule has 2 heterocycles. The van der Waals surface area contributed by atoms with Gasteiger partial charge in [-0.3, -0.25) is 0 Å². The van der Waals surface area contributed by atoms with E-state index in [2.05, 4.69) is 24.3 Å². The Labute approximate surface area is 244 Å². The third-order valence-electron chi connectivity index (χ3n) is 8.45. The highest BCUT2D eigenvalue weighted by molar-refractivity contribution is 5.83. The van der Waals surface area contributed by atoms with Crippen LogP contribution in [0.4, 0.5) is 0 Å². The summed E-state index contributed by atoms with van der Waals surface area (Å²) in [6.45, 7) is 0. The van der Waals surface area contributed by atoms with Crippen LogP contribution in [0, 0.1) is 10.4 Å². The molecule has 0 saturated carbocycles. The van der Waals surface area contributed by atoms with Crippen molar-refractivity contribution in [1.29, 1.82) is 0 Å². The van der Waals surface area contributed by atoms with Crippen molar-refractivity contribution in [2.75, 3.05) is 14.2 Å². The van der Waals surface area contributed by atoms with Gasteiger partial charge < -0.3 is 19.9 Å². The van der Waals surface area contributed by atoms with Crippen LogP contribution in [0.25, 0.3) is 44.3 Å². The van der Waals surface area contributed by atoms with Crippen LogP contribution in [0.2, 0.25) is 0 Å². The summed E-state index contributed by atoms with van der Waals surface area (Å²) in [5.41, 5.74) is 9.35. The van der Waals surface area contributed by atoms with E-state index < -0.39 is 0 Å². The quantitative estimate of drug-likeness (QED) is 0.181. The van der Waals surface area contributed by atoms with E-state index >= 15 is 0 Å². The lowest BCUT2D eigenvalue weighted by atomic mass is 9.87. The van der Waals surface area contributed by atoms with E-state index in [0.717, 1.165) is 91.1 Å². The molecular formula is C36H30N2O4. The van der Waals surface area contributed by atoms with Crippen molar-refractivity contribution in [1.82, 2.24) is 0 Å². The van der Waals surface area contributed by atoms with Crippen molar-refractivity contribution in [3.05, 3.63) is 130 Å². The number of aromatic nitrogens is 2. The maximum atomic E-state index is 12.9. The summed E-state index contributed by atoms with van der Waals surface area (Å²) >= 11 is 0. The molecule has 6 aromatic rings. The number of fused-ring (bicyclic) bond motifs is 8. The Morgan fingerprint density at radius 1 is 0.500 bits per heavy atom. The molecule has 6 nitrogen and oxygen atoms in total. The third kappa shape index (κ3) is 4.10. The molecule has 2 aliphatic carbocycles. The molecule has 2 aliphatic rings. The topological polar surface area (TPSA) is 72.3 Å². The normalized spacial score (nSPS) is 12.8. The SMILES string of the molecule is COc1cccc2c1-c1c(cc3ccccc3[n+]1[O-])CC2.COc1cccc2c1-c1c(cc3ccccc3[n+]1[O-])CC2. The zero-order valence-electron chi connectivity index (χ0n) is 23.6. The first-order chi connectivity index (χ1) is 20.6. The Bertz CT molecular complexity index is 1830. The van der Waals surface area contributed by atoms with Gasteiger partial charge in [-0.05, 0) is 73.2 Å². The molecule has 2 aromatic heterocycles. The molecule has 8 rings (SSSR count). The monoisotopic (exact) mass is 554 g/mol. The molecule has 0 saturated heterocycles. The van der Waals surface area contributed by atoms with Crippen molar-refractivity contribution in [2.45, 2.75) is 25.7 Å². The molecule has 0 amide bonds. The highest BCUT2D eigenvalue weighted by atomic mass is 16.5. The summed E-state index contributed by atoms with van der Waals surface area (Å²) in [5, 5.41) is 27.7. The van der Waals surface area contributed by atoms with E-state index in [1.807, 2.05) is 72.8 Å². The molecule has 0 bridgehead atoms. The summed E-state index contributed by atoms with van der Waals surface area (Å²) in [6.07, 6.45) is 3.67. The highest BCUT2D eigenvalue weighted by Gasteiger charge is 2.29. The first-order valence-corrected chi connectivity index (χ1v) is 14.2. The first-order valence-electron chi connectivity index (χ1n) is 14.2. The van der Waals surface area contributed by atoms with Crippen molar-refractivity contribution >= 4 is 21.8 Å². The van der Waals surface area contributed by atoms with Gasteiger partial charge in [0.2, 0.25) is 22.4 Å². The van der Waals surface area contributed by atoms with Crippen LogP contribution >= 0.6 is 0 Å². The fraction of sp³-hybridized carbons (Fsp3) is 0.167. The molecule has 0 atom stereocenters. The summed E-state index contributed by atoms with van der Waals surface area (Å²) in [4.78, 5) is 0. The predicted octanol–water partition coefficient (Wildman–Crippen LogP) is 6.49. The number of aryl methyl sites for hydroxylation is 4. The number of hydrogen-bond acceptors (Lipinski definition) is 4. The summed E-state index contributed by atoms with van der Waals surface area (Å²) < 4.78 is 13.1.